The first-order chi connectivity index (χ1) is 11.8. The Hall–Kier alpha value is -0.940. The SMILES string of the molecule is CCC1CCCC(CN2CCC(c3nnc4n3CCNC4)CC2)C1. The molecule has 0 radical (unpaired) electrons. The Bertz CT molecular complexity index is 532. The number of likely N-dealkylation sites (tertiary alicyclic amines) is 1. The molecule has 0 bridgehead atoms. The molecule has 134 valence electrons. The maximum absolute atomic E-state index is 4.54. The quantitative estimate of drug-likeness (QED) is 0.921. The molecule has 0 aromatic carbocycles. The minimum absolute atomic E-state index is 0.621. The number of fused-ring (bicyclic) bond motifs is 1. The Morgan fingerprint density at radius 2 is 1.88 bits per heavy atom. The third-order valence-electron chi connectivity index (χ3n) is 6.59. The fraction of sp³-hybridized carbons (Fsp3) is 0.895. The Kier molecular flexibility index (Phi) is 5.18. The van der Waals surface area contributed by atoms with Gasteiger partial charge in [-0.2, -0.15) is 0 Å². The van der Waals surface area contributed by atoms with E-state index < -0.39 is 0 Å². The number of nitrogens with one attached hydrogen (secondary N) is 1. The average molecular weight is 332 g/mol. The maximum atomic E-state index is 4.54. The van der Waals surface area contributed by atoms with Crippen LogP contribution in [0.2, 0.25) is 0 Å². The van der Waals surface area contributed by atoms with Gasteiger partial charge >= 0.3 is 0 Å². The van der Waals surface area contributed by atoms with Gasteiger partial charge in [0.1, 0.15) is 11.6 Å². The first kappa shape index (κ1) is 16.5. The van der Waals surface area contributed by atoms with Gasteiger partial charge in [0, 0.05) is 25.6 Å². The van der Waals surface area contributed by atoms with E-state index in [0.29, 0.717) is 5.92 Å². The van der Waals surface area contributed by atoms with Crippen molar-refractivity contribution in [2.75, 3.05) is 26.2 Å². The number of piperidine rings is 1. The van der Waals surface area contributed by atoms with Crippen molar-refractivity contribution < 1.29 is 0 Å². The molecule has 5 nitrogen and oxygen atoms in total. The Balaban J connectivity index is 1.30. The van der Waals surface area contributed by atoms with Crippen LogP contribution in [-0.4, -0.2) is 45.8 Å². The topological polar surface area (TPSA) is 46.0 Å². The number of aromatic nitrogens is 3. The molecule has 1 aliphatic carbocycles. The van der Waals surface area contributed by atoms with Crippen LogP contribution in [0.3, 0.4) is 0 Å². The molecule has 1 aromatic heterocycles. The Morgan fingerprint density at radius 3 is 2.71 bits per heavy atom. The molecule has 24 heavy (non-hydrogen) atoms. The third-order valence-corrected chi connectivity index (χ3v) is 6.59. The zero-order valence-corrected chi connectivity index (χ0v) is 15.2. The fourth-order valence-electron chi connectivity index (χ4n) is 5.09. The summed E-state index contributed by atoms with van der Waals surface area (Å²) in [5, 5.41) is 12.3. The highest BCUT2D eigenvalue weighted by Crippen LogP contribution is 2.33. The van der Waals surface area contributed by atoms with Crippen molar-refractivity contribution in [3.8, 4) is 0 Å². The molecule has 0 spiro atoms. The molecule has 3 aliphatic rings. The summed E-state index contributed by atoms with van der Waals surface area (Å²) >= 11 is 0. The standard InChI is InChI=1S/C19H33N5/c1-2-15-4-3-5-16(12-15)14-23-9-6-17(7-10-23)19-22-21-18-13-20-8-11-24(18)19/h15-17,20H,2-14H2,1H3. The van der Waals surface area contributed by atoms with E-state index in [0.717, 1.165) is 37.3 Å². The highest BCUT2D eigenvalue weighted by Gasteiger charge is 2.29. The Labute approximate surface area is 146 Å². The van der Waals surface area contributed by atoms with Gasteiger partial charge in [-0.05, 0) is 50.6 Å². The van der Waals surface area contributed by atoms with E-state index >= 15 is 0 Å². The predicted molar refractivity (Wildman–Crippen MR) is 95.9 cm³/mol. The summed E-state index contributed by atoms with van der Waals surface area (Å²) in [6, 6.07) is 0. The van der Waals surface area contributed by atoms with Crippen LogP contribution < -0.4 is 5.32 Å². The normalized spacial score (nSPS) is 29.5. The van der Waals surface area contributed by atoms with Crippen LogP contribution in [0.1, 0.15) is 69.4 Å². The van der Waals surface area contributed by atoms with E-state index in [1.54, 1.807) is 0 Å². The lowest BCUT2D eigenvalue weighted by molar-refractivity contribution is 0.143. The zero-order chi connectivity index (χ0) is 16.4. The van der Waals surface area contributed by atoms with Crippen LogP contribution in [0.25, 0.3) is 0 Å². The van der Waals surface area contributed by atoms with Crippen LogP contribution in [0.15, 0.2) is 0 Å². The van der Waals surface area contributed by atoms with Crippen molar-refractivity contribution in [1.29, 1.82) is 0 Å². The van der Waals surface area contributed by atoms with Crippen LogP contribution in [0, 0.1) is 11.8 Å². The minimum Gasteiger partial charge on any atom is -0.312 e. The summed E-state index contributed by atoms with van der Waals surface area (Å²) in [7, 11) is 0. The van der Waals surface area contributed by atoms with Gasteiger partial charge in [-0.15, -0.1) is 10.2 Å². The van der Waals surface area contributed by atoms with Crippen molar-refractivity contribution in [3.05, 3.63) is 11.6 Å². The minimum atomic E-state index is 0.621. The van der Waals surface area contributed by atoms with Crippen molar-refractivity contribution >= 4 is 0 Å². The lowest BCUT2D eigenvalue weighted by Crippen LogP contribution is -2.38. The highest BCUT2D eigenvalue weighted by atomic mass is 15.3. The van der Waals surface area contributed by atoms with Crippen LogP contribution in [0.5, 0.6) is 0 Å². The van der Waals surface area contributed by atoms with Gasteiger partial charge in [0.2, 0.25) is 0 Å². The lowest BCUT2D eigenvalue weighted by atomic mass is 9.79. The van der Waals surface area contributed by atoms with Gasteiger partial charge in [0.25, 0.3) is 0 Å². The fourth-order valence-corrected chi connectivity index (χ4v) is 5.09. The molecule has 1 aromatic rings. The molecule has 1 N–H and O–H groups in total. The van der Waals surface area contributed by atoms with Crippen LogP contribution in [-0.2, 0) is 13.1 Å². The summed E-state index contributed by atoms with van der Waals surface area (Å²) in [5.41, 5.74) is 0. The molecule has 0 amide bonds. The second-order valence-corrected chi connectivity index (χ2v) is 8.18. The molecule has 3 heterocycles. The molecule has 2 fully saturated rings. The zero-order valence-electron chi connectivity index (χ0n) is 15.2. The first-order valence-corrected chi connectivity index (χ1v) is 10.2. The molecule has 2 unspecified atom stereocenters. The maximum Gasteiger partial charge on any atom is 0.147 e. The monoisotopic (exact) mass is 331 g/mol. The van der Waals surface area contributed by atoms with E-state index in [2.05, 4.69) is 31.9 Å². The van der Waals surface area contributed by atoms with E-state index in [4.69, 9.17) is 0 Å². The van der Waals surface area contributed by atoms with E-state index in [1.165, 1.54) is 70.4 Å². The molecule has 1 saturated carbocycles. The number of rotatable bonds is 4. The third kappa shape index (κ3) is 3.52. The number of nitrogens with zero attached hydrogens (tertiary/aromatic N) is 4. The molecular formula is C19H33N5. The van der Waals surface area contributed by atoms with Crippen molar-refractivity contribution in [2.45, 2.75) is 70.9 Å². The van der Waals surface area contributed by atoms with Crippen molar-refractivity contribution in [2.24, 2.45) is 11.8 Å². The van der Waals surface area contributed by atoms with Gasteiger partial charge in [-0.25, -0.2) is 0 Å². The molecule has 2 atom stereocenters. The van der Waals surface area contributed by atoms with Gasteiger partial charge in [0.05, 0.1) is 6.54 Å². The largest absolute Gasteiger partial charge is 0.312 e. The second-order valence-electron chi connectivity index (χ2n) is 8.18. The average Bonchev–Trinajstić information content (AvgIpc) is 3.07. The van der Waals surface area contributed by atoms with E-state index in [9.17, 15) is 0 Å². The Morgan fingerprint density at radius 1 is 1.04 bits per heavy atom. The van der Waals surface area contributed by atoms with E-state index in [1.807, 2.05) is 0 Å². The summed E-state index contributed by atoms with van der Waals surface area (Å²) < 4.78 is 2.38. The molecule has 1 saturated heterocycles. The molecule has 4 rings (SSSR count). The first-order valence-electron chi connectivity index (χ1n) is 10.2. The van der Waals surface area contributed by atoms with Gasteiger partial charge in [-0.1, -0.05) is 26.2 Å². The highest BCUT2D eigenvalue weighted by molar-refractivity contribution is 5.05. The summed E-state index contributed by atoms with van der Waals surface area (Å²) in [5.74, 6) is 4.96. The molecular weight excluding hydrogens is 298 g/mol. The van der Waals surface area contributed by atoms with E-state index in [-0.39, 0.29) is 0 Å². The van der Waals surface area contributed by atoms with Gasteiger partial charge in [-0.3, -0.25) is 0 Å². The smallest absolute Gasteiger partial charge is 0.147 e. The molecule has 2 aliphatic heterocycles. The molecule has 5 heteroatoms. The summed E-state index contributed by atoms with van der Waals surface area (Å²) in [6.07, 6.45) is 9.76. The van der Waals surface area contributed by atoms with Crippen molar-refractivity contribution in [3.63, 3.8) is 0 Å². The summed E-state index contributed by atoms with van der Waals surface area (Å²) in [6.45, 7) is 9.18. The predicted octanol–water partition coefficient (Wildman–Crippen LogP) is 2.78. The lowest BCUT2D eigenvalue weighted by Gasteiger charge is -2.36. The van der Waals surface area contributed by atoms with Crippen LogP contribution in [0.4, 0.5) is 0 Å². The van der Waals surface area contributed by atoms with Crippen molar-refractivity contribution in [1.82, 2.24) is 25.0 Å². The van der Waals surface area contributed by atoms with Gasteiger partial charge < -0.3 is 14.8 Å². The number of hydrogen-bond donors (Lipinski definition) is 1. The van der Waals surface area contributed by atoms with Crippen LogP contribution >= 0.6 is 0 Å². The summed E-state index contributed by atoms with van der Waals surface area (Å²) in [4.78, 5) is 2.73. The second kappa shape index (κ2) is 7.52. The van der Waals surface area contributed by atoms with Gasteiger partial charge in [0.15, 0.2) is 0 Å². The number of hydrogen-bond acceptors (Lipinski definition) is 4.